The first kappa shape index (κ1) is 13.4. The largest absolute Gasteiger partial charge is 0.416 e. The molecule has 0 bridgehead atoms. The van der Waals surface area contributed by atoms with Crippen molar-refractivity contribution in [3.8, 4) is 0 Å². The lowest BCUT2D eigenvalue weighted by molar-refractivity contribution is -0.137. The van der Waals surface area contributed by atoms with Crippen molar-refractivity contribution < 1.29 is 13.2 Å². The summed E-state index contributed by atoms with van der Waals surface area (Å²) in [6.45, 7) is 0. The number of benzene rings is 2. The molecule has 0 heterocycles. The zero-order valence-corrected chi connectivity index (χ0v) is 10.2. The molecule has 0 saturated heterocycles. The minimum absolute atomic E-state index is 0.618. The molecule has 0 aliphatic heterocycles. The summed E-state index contributed by atoms with van der Waals surface area (Å²) < 4.78 is 37.1. The Morgan fingerprint density at radius 2 is 1.47 bits per heavy atom. The third kappa shape index (κ3) is 3.98. The highest BCUT2D eigenvalue weighted by Gasteiger charge is 2.29. The molecule has 3 heteroatoms. The van der Waals surface area contributed by atoms with E-state index in [0.717, 1.165) is 24.1 Å². The number of rotatable bonds is 3. The third-order valence-corrected chi connectivity index (χ3v) is 2.74. The lowest BCUT2D eigenvalue weighted by Crippen LogP contribution is -2.03. The van der Waals surface area contributed by atoms with Gasteiger partial charge in [-0.3, -0.25) is 0 Å². The van der Waals surface area contributed by atoms with E-state index in [1.54, 1.807) is 0 Å². The molecule has 0 aromatic heterocycles. The van der Waals surface area contributed by atoms with E-state index in [4.69, 9.17) is 0 Å². The maximum absolute atomic E-state index is 12.4. The summed E-state index contributed by atoms with van der Waals surface area (Å²) in [5.74, 6) is 0. The van der Waals surface area contributed by atoms with Crippen molar-refractivity contribution >= 4 is 6.08 Å². The van der Waals surface area contributed by atoms with Crippen LogP contribution in [0.3, 0.4) is 0 Å². The van der Waals surface area contributed by atoms with Gasteiger partial charge < -0.3 is 0 Å². The zero-order valence-electron chi connectivity index (χ0n) is 10.2. The zero-order chi connectivity index (χ0) is 13.7. The predicted molar refractivity (Wildman–Crippen MR) is 70.6 cm³/mol. The number of halogens is 3. The van der Waals surface area contributed by atoms with E-state index in [1.165, 1.54) is 17.7 Å². The molecule has 98 valence electrons. The summed E-state index contributed by atoms with van der Waals surface area (Å²) in [4.78, 5) is 0. The van der Waals surface area contributed by atoms with Crippen LogP contribution in [0.4, 0.5) is 13.2 Å². The van der Waals surface area contributed by atoms with E-state index in [9.17, 15) is 13.2 Å². The smallest absolute Gasteiger partial charge is 0.166 e. The Labute approximate surface area is 110 Å². The molecule has 0 radical (unpaired) electrons. The van der Waals surface area contributed by atoms with Gasteiger partial charge in [-0.2, -0.15) is 13.2 Å². The predicted octanol–water partition coefficient (Wildman–Crippen LogP) is 4.96. The molecule has 0 nitrogen and oxygen atoms in total. The van der Waals surface area contributed by atoms with Gasteiger partial charge in [0, 0.05) is 0 Å². The van der Waals surface area contributed by atoms with Crippen LogP contribution in [0.2, 0.25) is 0 Å². The Morgan fingerprint density at radius 1 is 0.842 bits per heavy atom. The molecule has 0 unspecified atom stereocenters. The molecular formula is C16H13F3. The molecule has 2 aromatic rings. The molecule has 0 spiro atoms. The topological polar surface area (TPSA) is 0 Å². The summed E-state index contributed by atoms with van der Waals surface area (Å²) >= 11 is 0. The maximum Gasteiger partial charge on any atom is 0.416 e. The lowest BCUT2D eigenvalue weighted by Gasteiger charge is -2.05. The molecule has 19 heavy (non-hydrogen) atoms. The van der Waals surface area contributed by atoms with Gasteiger partial charge in [0.15, 0.2) is 0 Å². The molecule has 0 aliphatic carbocycles. The summed E-state index contributed by atoms with van der Waals surface area (Å²) in [6.07, 6.45) is 0.263. The molecule has 2 aromatic carbocycles. The van der Waals surface area contributed by atoms with E-state index >= 15 is 0 Å². The second kappa shape index (κ2) is 5.74. The SMILES string of the molecule is FC(F)(F)c1ccc(/C=C/Cc2ccccc2)cc1. The van der Waals surface area contributed by atoms with Crippen LogP contribution in [0.15, 0.2) is 60.7 Å². The monoisotopic (exact) mass is 262 g/mol. The fourth-order valence-electron chi connectivity index (χ4n) is 1.73. The van der Waals surface area contributed by atoms with E-state index in [0.29, 0.717) is 0 Å². The third-order valence-electron chi connectivity index (χ3n) is 2.74. The quantitative estimate of drug-likeness (QED) is 0.733. The van der Waals surface area contributed by atoms with Crippen LogP contribution < -0.4 is 0 Å². The second-order valence-corrected chi connectivity index (χ2v) is 4.21. The van der Waals surface area contributed by atoms with Gasteiger partial charge in [-0.1, -0.05) is 54.6 Å². The first-order chi connectivity index (χ1) is 9.05. The average molecular weight is 262 g/mol. The highest BCUT2D eigenvalue weighted by atomic mass is 19.4. The van der Waals surface area contributed by atoms with Gasteiger partial charge in [0.2, 0.25) is 0 Å². The van der Waals surface area contributed by atoms with E-state index in [1.807, 2.05) is 42.5 Å². The molecule has 0 fully saturated rings. The van der Waals surface area contributed by atoms with Crippen LogP contribution in [0.5, 0.6) is 0 Å². The van der Waals surface area contributed by atoms with Crippen molar-refractivity contribution in [3.05, 3.63) is 77.4 Å². The molecule has 0 aliphatic rings. The van der Waals surface area contributed by atoms with Crippen LogP contribution in [0.25, 0.3) is 6.08 Å². The Morgan fingerprint density at radius 3 is 2.05 bits per heavy atom. The molecular weight excluding hydrogens is 249 g/mol. The summed E-state index contributed by atoms with van der Waals surface area (Å²) in [5, 5.41) is 0. The number of hydrogen-bond acceptors (Lipinski definition) is 0. The van der Waals surface area contributed by atoms with E-state index in [-0.39, 0.29) is 0 Å². The highest BCUT2D eigenvalue weighted by Crippen LogP contribution is 2.29. The second-order valence-electron chi connectivity index (χ2n) is 4.21. The maximum atomic E-state index is 12.4. The average Bonchev–Trinajstić information content (AvgIpc) is 2.39. The fourth-order valence-corrected chi connectivity index (χ4v) is 1.73. The van der Waals surface area contributed by atoms with E-state index in [2.05, 4.69) is 0 Å². The lowest BCUT2D eigenvalue weighted by atomic mass is 10.1. The Kier molecular flexibility index (Phi) is 4.05. The molecule has 0 saturated carbocycles. The van der Waals surface area contributed by atoms with Crippen molar-refractivity contribution in [1.82, 2.24) is 0 Å². The van der Waals surface area contributed by atoms with Crippen LogP contribution in [0, 0.1) is 0 Å². The van der Waals surface area contributed by atoms with Gasteiger partial charge in [0.1, 0.15) is 0 Å². The standard InChI is InChI=1S/C16H13F3/c17-16(18,19)15-11-9-14(10-12-15)8-4-7-13-5-2-1-3-6-13/h1-6,8-12H,7H2/b8-4+. The molecule has 0 atom stereocenters. The highest BCUT2D eigenvalue weighted by molar-refractivity contribution is 5.50. The van der Waals surface area contributed by atoms with Crippen LogP contribution >= 0.6 is 0 Å². The van der Waals surface area contributed by atoms with Crippen molar-refractivity contribution in [2.75, 3.05) is 0 Å². The summed E-state index contributed by atoms with van der Waals surface area (Å²) in [6, 6.07) is 15.0. The number of allylic oxidation sites excluding steroid dienone is 1. The van der Waals surface area contributed by atoms with Gasteiger partial charge in [0.05, 0.1) is 5.56 Å². The van der Waals surface area contributed by atoms with Crippen LogP contribution in [0.1, 0.15) is 16.7 Å². The van der Waals surface area contributed by atoms with Gasteiger partial charge in [-0.25, -0.2) is 0 Å². The number of alkyl halides is 3. The normalized spacial score (nSPS) is 11.9. The minimum atomic E-state index is -4.27. The fraction of sp³-hybridized carbons (Fsp3) is 0.125. The van der Waals surface area contributed by atoms with Gasteiger partial charge in [-0.05, 0) is 29.7 Å². The summed E-state index contributed by atoms with van der Waals surface area (Å²) in [5.41, 5.74) is 1.32. The van der Waals surface area contributed by atoms with Gasteiger partial charge >= 0.3 is 6.18 Å². The minimum Gasteiger partial charge on any atom is -0.166 e. The van der Waals surface area contributed by atoms with Crippen LogP contribution in [-0.2, 0) is 12.6 Å². The Hall–Kier alpha value is -2.03. The molecule has 0 N–H and O–H groups in total. The molecule has 2 rings (SSSR count). The van der Waals surface area contributed by atoms with Gasteiger partial charge in [-0.15, -0.1) is 0 Å². The first-order valence-corrected chi connectivity index (χ1v) is 5.93. The molecule has 0 amide bonds. The van der Waals surface area contributed by atoms with Crippen molar-refractivity contribution in [3.63, 3.8) is 0 Å². The first-order valence-electron chi connectivity index (χ1n) is 5.93. The van der Waals surface area contributed by atoms with E-state index < -0.39 is 11.7 Å². The van der Waals surface area contributed by atoms with Crippen molar-refractivity contribution in [1.29, 1.82) is 0 Å². The Bertz CT molecular complexity index is 536. The van der Waals surface area contributed by atoms with Crippen molar-refractivity contribution in [2.24, 2.45) is 0 Å². The Balaban J connectivity index is 2.00. The van der Waals surface area contributed by atoms with Gasteiger partial charge in [0.25, 0.3) is 0 Å². The summed E-state index contributed by atoms with van der Waals surface area (Å²) in [7, 11) is 0. The number of hydrogen-bond donors (Lipinski definition) is 0. The van der Waals surface area contributed by atoms with Crippen molar-refractivity contribution in [2.45, 2.75) is 12.6 Å². The van der Waals surface area contributed by atoms with Crippen LogP contribution in [-0.4, -0.2) is 0 Å².